The average Bonchev–Trinajstić information content (AvgIpc) is 2.67. The molecule has 0 aliphatic carbocycles. The minimum atomic E-state index is -0.548. The number of nitrogens with one attached hydrogen (secondary N) is 1. The molecule has 0 saturated heterocycles. The first-order chi connectivity index (χ1) is 8.68. The van der Waals surface area contributed by atoms with Gasteiger partial charge < -0.3 is 5.32 Å². The second-order valence-electron chi connectivity index (χ2n) is 4.33. The Bertz CT molecular complexity index is 660. The van der Waals surface area contributed by atoms with Gasteiger partial charge in [0, 0.05) is 0 Å². The molecular formula is C15H11NO2. The second-order valence-corrected chi connectivity index (χ2v) is 4.33. The van der Waals surface area contributed by atoms with Gasteiger partial charge in [-0.05, 0) is 29.7 Å². The summed E-state index contributed by atoms with van der Waals surface area (Å²) in [6.45, 7) is 1.94. The fourth-order valence-corrected chi connectivity index (χ4v) is 2.32. The molecule has 0 spiro atoms. The van der Waals surface area contributed by atoms with E-state index >= 15 is 0 Å². The van der Waals surface area contributed by atoms with E-state index in [-0.39, 0.29) is 0 Å². The number of rotatable bonds is 1. The van der Waals surface area contributed by atoms with E-state index in [0.717, 1.165) is 16.7 Å². The Labute approximate surface area is 104 Å². The molecule has 1 N–H and O–H groups in total. The molecule has 88 valence electrons. The highest BCUT2D eigenvalue weighted by molar-refractivity contribution is 6.52. The monoisotopic (exact) mass is 237 g/mol. The predicted molar refractivity (Wildman–Crippen MR) is 69.6 cm³/mol. The lowest BCUT2D eigenvalue weighted by atomic mass is 9.93. The predicted octanol–water partition coefficient (Wildman–Crippen LogP) is 2.80. The fraction of sp³-hybridized carbons (Fsp3) is 0.0667. The maximum absolute atomic E-state index is 11.9. The van der Waals surface area contributed by atoms with Gasteiger partial charge >= 0.3 is 0 Å². The Morgan fingerprint density at radius 1 is 0.889 bits per heavy atom. The summed E-state index contributed by atoms with van der Waals surface area (Å²) in [4.78, 5) is 23.4. The summed E-state index contributed by atoms with van der Waals surface area (Å²) in [5, 5.41) is 2.60. The molecule has 3 nitrogen and oxygen atoms in total. The molecule has 0 unspecified atom stereocenters. The van der Waals surface area contributed by atoms with Crippen molar-refractivity contribution < 1.29 is 9.59 Å². The van der Waals surface area contributed by atoms with Crippen LogP contribution in [0, 0.1) is 6.92 Å². The molecule has 0 aromatic heterocycles. The molecule has 1 aliphatic heterocycles. The van der Waals surface area contributed by atoms with Crippen LogP contribution in [-0.2, 0) is 4.79 Å². The SMILES string of the molecule is Cc1ccc2c(c1-c1ccccc1)C(=O)C(=O)N2. The minimum absolute atomic E-state index is 0.451. The van der Waals surface area contributed by atoms with E-state index in [0.29, 0.717) is 11.3 Å². The van der Waals surface area contributed by atoms with Gasteiger partial charge in [0.25, 0.3) is 11.7 Å². The van der Waals surface area contributed by atoms with Crippen LogP contribution in [0.1, 0.15) is 15.9 Å². The average molecular weight is 237 g/mol. The second kappa shape index (κ2) is 3.81. The molecule has 0 bridgehead atoms. The molecule has 2 aromatic rings. The lowest BCUT2D eigenvalue weighted by Gasteiger charge is -2.10. The number of amides is 1. The van der Waals surface area contributed by atoms with Crippen LogP contribution >= 0.6 is 0 Å². The van der Waals surface area contributed by atoms with Gasteiger partial charge in [-0.15, -0.1) is 0 Å². The van der Waals surface area contributed by atoms with Crippen molar-refractivity contribution in [2.45, 2.75) is 6.92 Å². The van der Waals surface area contributed by atoms with Crippen molar-refractivity contribution in [2.24, 2.45) is 0 Å². The molecule has 0 fully saturated rings. The molecule has 1 amide bonds. The van der Waals surface area contributed by atoms with E-state index in [4.69, 9.17) is 0 Å². The topological polar surface area (TPSA) is 46.2 Å². The molecule has 0 saturated carbocycles. The molecule has 0 atom stereocenters. The Kier molecular flexibility index (Phi) is 2.27. The fourth-order valence-electron chi connectivity index (χ4n) is 2.32. The van der Waals surface area contributed by atoms with E-state index in [1.807, 2.05) is 43.3 Å². The van der Waals surface area contributed by atoms with Crippen molar-refractivity contribution in [3.05, 3.63) is 53.6 Å². The quantitative estimate of drug-likeness (QED) is 0.775. The van der Waals surface area contributed by atoms with Crippen molar-refractivity contribution in [1.82, 2.24) is 0 Å². The normalized spacial score (nSPS) is 13.4. The lowest BCUT2D eigenvalue weighted by Crippen LogP contribution is -2.12. The zero-order valence-electron chi connectivity index (χ0n) is 9.86. The summed E-state index contributed by atoms with van der Waals surface area (Å²) < 4.78 is 0. The highest BCUT2D eigenvalue weighted by Gasteiger charge is 2.31. The Morgan fingerprint density at radius 2 is 1.61 bits per heavy atom. The number of carbonyl (C=O) groups is 2. The van der Waals surface area contributed by atoms with Gasteiger partial charge in [0.15, 0.2) is 0 Å². The van der Waals surface area contributed by atoms with E-state index in [2.05, 4.69) is 5.32 Å². The van der Waals surface area contributed by atoms with Gasteiger partial charge in [-0.2, -0.15) is 0 Å². The first-order valence-electron chi connectivity index (χ1n) is 5.73. The first-order valence-corrected chi connectivity index (χ1v) is 5.73. The Balaban J connectivity index is 2.32. The summed E-state index contributed by atoms with van der Waals surface area (Å²) in [5.74, 6) is -1.000. The van der Waals surface area contributed by atoms with E-state index in [9.17, 15) is 9.59 Å². The number of hydrogen-bond acceptors (Lipinski definition) is 2. The highest BCUT2D eigenvalue weighted by atomic mass is 16.2. The smallest absolute Gasteiger partial charge is 0.296 e. The van der Waals surface area contributed by atoms with Gasteiger partial charge in [-0.25, -0.2) is 0 Å². The summed E-state index contributed by atoms with van der Waals surface area (Å²) >= 11 is 0. The van der Waals surface area contributed by atoms with Crippen molar-refractivity contribution in [3.63, 3.8) is 0 Å². The number of hydrogen-bond donors (Lipinski definition) is 1. The van der Waals surface area contributed by atoms with E-state index < -0.39 is 11.7 Å². The standard InChI is InChI=1S/C15H11NO2/c1-9-7-8-11-13(14(17)15(18)16-11)12(9)10-5-3-2-4-6-10/h2-8H,1H3,(H,16,17,18). The minimum Gasteiger partial charge on any atom is -0.318 e. The molecule has 2 aromatic carbocycles. The zero-order valence-corrected chi connectivity index (χ0v) is 9.86. The number of Topliss-reactive ketones (excluding diaryl/α,β-unsaturated/α-hetero) is 1. The molecule has 18 heavy (non-hydrogen) atoms. The largest absolute Gasteiger partial charge is 0.318 e. The van der Waals surface area contributed by atoms with Crippen LogP contribution < -0.4 is 5.32 Å². The van der Waals surface area contributed by atoms with Gasteiger partial charge in [0.2, 0.25) is 0 Å². The zero-order chi connectivity index (χ0) is 12.7. The lowest BCUT2D eigenvalue weighted by molar-refractivity contribution is -0.112. The number of fused-ring (bicyclic) bond motifs is 1. The van der Waals surface area contributed by atoms with Crippen LogP contribution in [0.4, 0.5) is 5.69 Å². The first kappa shape index (κ1) is 10.7. The van der Waals surface area contributed by atoms with Crippen molar-refractivity contribution in [3.8, 4) is 11.1 Å². The van der Waals surface area contributed by atoms with Crippen molar-refractivity contribution >= 4 is 17.4 Å². The third-order valence-corrected chi connectivity index (χ3v) is 3.16. The Hall–Kier alpha value is -2.42. The van der Waals surface area contributed by atoms with Crippen molar-refractivity contribution in [2.75, 3.05) is 5.32 Å². The van der Waals surface area contributed by atoms with Crippen LogP contribution in [0.15, 0.2) is 42.5 Å². The van der Waals surface area contributed by atoms with Crippen LogP contribution in [0.2, 0.25) is 0 Å². The highest BCUT2D eigenvalue weighted by Crippen LogP contribution is 2.35. The molecule has 0 radical (unpaired) electrons. The molecule has 3 heteroatoms. The van der Waals surface area contributed by atoms with Crippen LogP contribution in [0.3, 0.4) is 0 Å². The van der Waals surface area contributed by atoms with Crippen LogP contribution in [-0.4, -0.2) is 11.7 Å². The molecular weight excluding hydrogens is 226 g/mol. The number of anilines is 1. The maximum Gasteiger partial charge on any atom is 0.296 e. The van der Waals surface area contributed by atoms with E-state index in [1.165, 1.54) is 0 Å². The molecule has 3 rings (SSSR count). The van der Waals surface area contributed by atoms with Gasteiger partial charge in [0.1, 0.15) is 0 Å². The third kappa shape index (κ3) is 1.44. The summed E-state index contributed by atoms with van der Waals surface area (Å²) in [5.41, 5.74) is 3.89. The van der Waals surface area contributed by atoms with Crippen LogP contribution in [0.25, 0.3) is 11.1 Å². The third-order valence-electron chi connectivity index (χ3n) is 3.16. The number of ketones is 1. The Morgan fingerprint density at radius 3 is 2.33 bits per heavy atom. The number of benzene rings is 2. The van der Waals surface area contributed by atoms with Gasteiger partial charge in [0.05, 0.1) is 11.3 Å². The van der Waals surface area contributed by atoms with E-state index in [1.54, 1.807) is 6.07 Å². The maximum atomic E-state index is 11.9. The number of carbonyl (C=O) groups excluding carboxylic acids is 2. The van der Waals surface area contributed by atoms with Gasteiger partial charge in [-0.3, -0.25) is 9.59 Å². The molecule has 1 heterocycles. The number of aryl methyl sites for hydroxylation is 1. The van der Waals surface area contributed by atoms with Crippen LogP contribution in [0.5, 0.6) is 0 Å². The van der Waals surface area contributed by atoms with Gasteiger partial charge in [-0.1, -0.05) is 36.4 Å². The molecule has 1 aliphatic rings. The summed E-state index contributed by atoms with van der Waals surface area (Å²) in [6, 6.07) is 13.3. The summed E-state index contributed by atoms with van der Waals surface area (Å²) in [7, 11) is 0. The van der Waals surface area contributed by atoms with Crippen molar-refractivity contribution in [1.29, 1.82) is 0 Å². The summed E-state index contributed by atoms with van der Waals surface area (Å²) in [6.07, 6.45) is 0.